The third-order valence-electron chi connectivity index (χ3n) is 4.21. The van der Waals surface area contributed by atoms with E-state index in [1.54, 1.807) is 19.2 Å². The summed E-state index contributed by atoms with van der Waals surface area (Å²) in [6, 6.07) is 19.7. The molecule has 0 spiro atoms. The Morgan fingerprint density at radius 2 is 1.57 bits per heavy atom. The first kappa shape index (κ1) is 21.0. The number of ether oxygens (including phenoxy) is 2. The second-order valence-electron chi connectivity index (χ2n) is 6.19. The van der Waals surface area contributed by atoms with Gasteiger partial charge in [-0.25, -0.2) is 0 Å². The Labute approximate surface area is 183 Å². The highest BCUT2D eigenvalue weighted by Crippen LogP contribution is 2.38. The Balaban J connectivity index is 1.69. The molecule has 0 radical (unpaired) electrons. The molecular weight excluding hydrogens is 461 g/mol. The third kappa shape index (κ3) is 5.42. The first-order valence-corrected chi connectivity index (χ1v) is 10.3. The van der Waals surface area contributed by atoms with Gasteiger partial charge in [-0.2, -0.15) is 0 Å². The number of benzene rings is 3. The molecule has 1 N–H and O–H groups in total. The highest BCUT2D eigenvalue weighted by atomic mass is 79.9. The van der Waals surface area contributed by atoms with Crippen molar-refractivity contribution < 1.29 is 9.47 Å². The van der Waals surface area contributed by atoms with Crippen molar-refractivity contribution in [3.63, 3.8) is 0 Å². The van der Waals surface area contributed by atoms with Gasteiger partial charge in [0, 0.05) is 28.7 Å². The lowest BCUT2D eigenvalue weighted by molar-refractivity contribution is 0.282. The van der Waals surface area contributed by atoms with Gasteiger partial charge in [-0.05, 0) is 51.3 Å². The lowest BCUT2D eigenvalue weighted by Gasteiger charge is -2.16. The molecule has 0 bridgehead atoms. The largest absolute Gasteiger partial charge is 0.493 e. The fourth-order valence-electron chi connectivity index (χ4n) is 2.78. The molecule has 0 unspecified atom stereocenters. The third-order valence-corrected chi connectivity index (χ3v) is 5.51. The smallest absolute Gasteiger partial charge is 0.175 e. The van der Waals surface area contributed by atoms with Crippen molar-refractivity contribution in [3.05, 3.63) is 91.9 Å². The minimum Gasteiger partial charge on any atom is -0.493 e. The zero-order chi connectivity index (χ0) is 19.9. The lowest BCUT2D eigenvalue weighted by Crippen LogP contribution is -2.13. The molecule has 3 rings (SSSR count). The first-order valence-electron chi connectivity index (χ1n) is 8.75. The van der Waals surface area contributed by atoms with Crippen molar-refractivity contribution >= 4 is 39.1 Å². The van der Waals surface area contributed by atoms with Gasteiger partial charge in [-0.1, -0.05) is 59.6 Å². The maximum absolute atomic E-state index is 6.23. The first-order chi connectivity index (χ1) is 13.6. The molecule has 0 saturated carbocycles. The number of nitrogens with one attached hydrogen (secondary N) is 1. The van der Waals surface area contributed by atoms with Gasteiger partial charge in [0.2, 0.25) is 0 Å². The summed E-state index contributed by atoms with van der Waals surface area (Å²) in [5.74, 6) is 1.26. The number of rotatable bonds is 8. The summed E-state index contributed by atoms with van der Waals surface area (Å²) in [5, 5.41) is 4.58. The monoisotopic (exact) mass is 479 g/mol. The molecule has 146 valence electrons. The van der Waals surface area contributed by atoms with E-state index < -0.39 is 0 Å². The Bertz CT molecular complexity index is 915. The molecule has 0 heterocycles. The van der Waals surface area contributed by atoms with E-state index in [4.69, 9.17) is 32.7 Å². The van der Waals surface area contributed by atoms with Crippen LogP contribution in [0.3, 0.4) is 0 Å². The van der Waals surface area contributed by atoms with Crippen LogP contribution < -0.4 is 14.8 Å². The zero-order valence-corrected chi connectivity index (χ0v) is 18.4. The number of methoxy groups -OCH3 is 1. The highest BCUT2D eigenvalue weighted by Gasteiger charge is 2.14. The van der Waals surface area contributed by atoms with E-state index in [1.165, 1.54) is 5.56 Å². The number of hydrogen-bond donors (Lipinski definition) is 1. The Morgan fingerprint density at radius 3 is 2.25 bits per heavy atom. The Kier molecular flexibility index (Phi) is 7.63. The normalized spacial score (nSPS) is 10.7. The molecular formula is C22H20BrCl2NO2. The van der Waals surface area contributed by atoms with Gasteiger partial charge >= 0.3 is 0 Å². The standard InChI is InChI=1S/C22H20BrCl2NO2/c1-27-21-11-16(13-26-12-15-6-3-2-4-7-15)10-18(23)22(21)28-14-17-19(24)8-5-9-20(17)25/h2-11,26H,12-14H2,1H3. The van der Waals surface area contributed by atoms with E-state index in [9.17, 15) is 0 Å². The van der Waals surface area contributed by atoms with Gasteiger partial charge in [0.15, 0.2) is 11.5 Å². The van der Waals surface area contributed by atoms with Crippen molar-refractivity contribution in [1.29, 1.82) is 0 Å². The van der Waals surface area contributed by atoms with Crippen molar-refractivity contribution in [2.75, 3.05) is 7.11 Å². The van der Waals surface area contributed by atoms with Crippen LogP contribution in [0.2, 0.25) is 10.0 Å². The summed E-state index contributed by atoms with van der Waals surface area (Å²) in [7, 11) is 1.62. The molecule has 0 amide bonds. The molecule has 28 heavy (non-hydrogen) atoms. The summed E-state index contributed by atoms with van der Waals surface area (Å²) in [6.45, 7) is 1.75. The SMILES string of the molecule is COc1cc(CNCc2ccccc2)cc(Br)c1OCc1c(Cl)cccc1Cl. The van der Waals surface area contributed by atoms with Gasteiger partial charge in [0.25, 0.3) is 0 Å². The lowest BCUT2D eigenvalue weighted by atomic mass is 10.2. The maximum atomic E-state index is 6.23. The van der Waals surface area contributed by atoms with Crippen LogP contribution in [-0.2, 0) is 19.7 Å². The molecule has 6 heteroatoms. The van der Waals surface area contributed by atoms with Crippen LogP contribution in [0.4, 0.5) is 0 Å². The minimum atomic E-state index is 0.249. The van der Waals surface area contributed by atoms with Crippen molar-refractivity contribution in [3.8, 4) is 11.5 Å². The van der Waals surface area contributed by atoms with E-state index in [0.29, 0.717) is 28.1 Å². The fraction of sp³-hybridized carbons (Fsp3) is 0.182. The van der Waals surface area contributed by atoms with E-state index in [2.05, 4.69) is 33.4 Å². The summed E-state index contributed by atoms with van der Waals surface area (Å²) >= 11 is 16.0. The van der Waals surface area contributed by atoms with E-state index >= 15 is 0 Å². The van der Waals surface area contributed by atoms with E-state index in [0.717, 1.165) is 22.1 Å². The molecule has 0 saturated heterocycles. The van der Waals surface area contributed by atoms with Gasteiger partial charge in [0.05, 0.1) is 11.6 Å². The van der Waals surface area contributed by atoms with Crippen LogP contribution in [0.25, 0.3) is 0 Å². The van der Waals surface area contributed by atoms with E-state index in [-0.39, 0.29) is 6.61 Å². The molecule has 3 aromatic rings. The van der Waals surface area contributed by atoms with Gasteiger partial charge in [-0.3, -0.25) is 0 Å². The molecule has 0 aliphatic rings. The fourth-order valence-corrected chi connectivity index (χ4v) is 3.89. The Morgan fingerprint density at radius 1 is 0.893 bits per heavy atom. The summed E-state index contributed by atoms with van der Waals surface area (Å²) in [6.07, 6.45) is 0. The molecule has 0 aliphatic heterocycles. The van der Waals surface area contributed by atoms with Crippen LogP contribution in [-0.4, -0.2) is 7.11 Å². The van der Waals surface area contributed by atoms with E-state index in [1.807, 2.05) is 36.4 Å². The van der Waals surface area contributed by atoms with Crippen LogP contribution in [0, 0.1) is 0 Å². The van der Waals surface area contributed by atoms with Crippen LogP contribution in [0.1, 0.15) is 16.7 Å². The molecule has 3 nitrogen and oxygen atoms in total. The summed E-state index contributed by atoms with van der Waals surface area (Å²) in [5.41, 5.74) is 3.07. The van der Waals surface area contributed by atoms with Crippen LogP contribution >= 0.6 is 39.1 Å². The highest BCUT2D eigenvalue weighted by molar-refractivity contribution is 9.10. The van der Waals surface area contributed by atoms with Gasteiger partial charge in [-0.15, -0.1) is 0 Å². The quantitative estimate of drug-likeness (QED) is 0.392. The predicted octanol–water partition coefficient (Wildman–Crippen LogP) is 6.63. The molecule has 0 aliphatic carbocycles. The van der Waals surface area contributed by atoms with Crippen LogP contribution in [0.5, 0.6) is 11.5 Å². The van der Waals surface area contributed by atoms with Gasteiger partial charge < -0.3 is 14.8 Å². The Hall–Kier alpha value is -1.72. The molecule has 0 fully saturated rings. The second-order valence-corrected chi connectivity index (χ2v) is 7.86. The van der Waals surface area contributed by atoms with Crippen molar-refractivity contribution in [2.24, 2.45) is 0 Å². The second kappa shape index (κ2) is 10.2. The van der Waals surface area contributed by atoms with Gasteiger partial charge in [0.1, 0.15) is 6.61 Å². The number of hydrogen-bond acceptors (Lipinski definition) is 3. The van der Waals surface area contributed by atoms with Crippen LogP contribution in [0.15, 0.2) is 65.1 Å². The average molecular weight is 481 g/mol. The van der Waals surface area contributed by atoms with Crippen molar-refractivity contribution in [2.45, 2.75) is 19.7 Å². The molecule has 0 aromatic heterocycles. The summed E-state index contributed by atoms with van der Waals surface area (Å²) in [4.78, 5) is 0. The topological polar surface area (TPSA) is 30.5 Å². The van der Waals surface area contributed by atoms with Crippen molar-refractivity contribution in [1.82, 2.24) is 5.32 Å². The predicted molar refractivity (Wildman–Crippen MR) is 118 cm³/mol. The minimum absolute atomic E-state index is 0.249. The number of halogens is 3. The molecule has 3 aromatic carbocycles. The maximum Gasteiger partial charge on any atom is 0.175 e. The summed E-state index contributed by atoms with van der Waals surface area (Å²) < 4.78 is 12.3. The average Bonchev–Trinajstić information content (AvgIpc) is 2.69. The molecule has 0 atom stereocenters. The zero-order valence-electron chi connectivity index (χ0n) is 15.3.